The Morgan fingerprint density at radius 3 is 2.56 bits per heavy atom. The first-order valence-electron chi connectivity index (χ1n) is 2.90. The van der Waals surface area contributed by atoms with Gasteiger partial charge in [-0.15, -0.1) is 0 Å². The predicted octanol–water partition coefficient (Wildman–Crippen LogP) is -0.359. The van der Waals surface area contributed by atoms with Crippen molar-refractivity contribution in [1.82, 2.24) is 0 Å². The highest BCUT2D eigenvalue weighted by atomic mass is 16.5. The average molecular weight is 130 g/mol. The van der Waals surface area contributed by atoms with Gasteiger partial charge in [0.05, 0.1) is 6.26 Å². The van der Waals surface area contributed by atoms with E-state index in [4.69, 9.17) is 14.9 Å². The van der Waals surface area contributed by atoms with Crippen LogP contribution >= 0.6 is 0 Å². The molecule has 3 atom stereocenters. The van der Waals surface area contributed by atoms with Crippen molar-refractivity contribution in [2.75, 3.05) is 0 Å². The molecule has 2 N–H and O–H groups in total. The largest absolute Gasteiger partial charge is 0.496 e. The maximum atomic E-state index is 9.02. The predicted molar refractivity (Wildman–Crippen MR) is 31.7 cm³/mol. The van der Waals surface area contributed by atoms with Crippen LogP contribution in [0.3, 0.4) is 0 Å². The third-order valence-electron chi connectivity index (χ3n) is 1.40. The van der Waals surface area contributed by atoms with Crippen molar-refractivity contribution in [1.29, 1.82) is 0 Å². The summed E-state index contributed by atoms with van der Waals surface area (Å²) in [6.45, 7) is 1.71. The molecule has 0 aromatic rings. The van der Waals surface area contributed by atoms with Gasteiger partial charge in [0, 0.05) is 0 Å². The maximum Gasteiger partial charge on any atom is 0.124 e. The number of rotatable bonds is 0. The molecule has 0 radical (unpaired) electrons. The Kier molecular flexibility index (Phi) is 1.73. The van der Waals surface area contributed by atoms with Gasteiger partial charge >= 0.3 is 0 Å². The van der Waals surface area contributed by atoms with Gasteiger partial charge in [-0.3, -0.25) is 0 Å². The van der Waals surface area contributed by atoms with Crippen molar-refractivity contribution >= 4 is 0 Å². The lowest BCUT2D eigenvalue weighted by Crippen LogP contribution is -2.37. The zero-order chi connectivity index (χ0) is 6.85. The monoisotopic (exact) mass is 130 g/mol. The second kappa shape index (κ2) is 2.37. The first kappa shape index (κ1) is 6.58. The normalized spacial score (nSPS) is 42.3. The highest BCUT2D eigenvalue weighted by Gasteiger charge is 2.24. The lowest BCUT2D eigenvalue weighted by atomic mass is 10.1. The van der Waals surface area contributed by atoms with Crippen LogP contribution in [-0.2, 0) is 4.74 Å². The minimum Gasteiger partial charge on any atom is -0.496 e. The number of aliphatic hydroxyl groups is 2. The summed E-state index contributed by atoms with van der Waals surface area (Å²) in [4.78, 5) is 0. The fourth-order valence-corrected chi connectivity index (χ4v) is 0.722. The average Bonchev–Trinajstić information content (AvgIpc) is 1.83. The van der Waals surface area contributed by atoms with Crippen molar-refractivity contribution in [2.45, 2.75) is 25.2 Å². The number of hydrogen-bond donors (Lipinski definition) is 2. The molecular weight excluding hydrogens is 120 g/mol. The van der Waals surface area contributed by atoms with Crippen LogP contribution < -0.4 is 0 Å². The van der Waals surface area contributed by atoms with Gasteiger partial charge in [0.25, 0.3) is 0 Å². The van der Waals surface area contributed by atoms with E-state index in [1.54, 1.807) is 6.92 Å². The van der Waals surface area contributed by atoms with Crippen molar-refractivity contribution in [3.8, 4) is 0 Å². The first-order valence-corrected chi connectivity index (χ1v) is 2.90. The summed E-state index contributed by atoms with van der Waals surface area (Å²) in [5.74, 6) is 0. The standard InChI is InChI=1S/C6H10O3/c1-4-6(8)5(7)2-3-9-4/h2-8H,1H3/t4-,5+,6-/m0/s1. The van der Waals surface area contributed by atoms with Crippen molar-refractivity contribution < 1.29 is 14.9 Å². The van der Waals surface area contributed by atoms with E-state index in [0.29, 0.717) is 0 Å². The third-order valence-corrected chi connectivity index (χ3v) is 1.40. The van der Waals surface area contributed by atoms with Crippen LogP contribution in [0.25, 0.3) is 0 Å². The van der Waals surface area contributed by atoms with Crippen LogP contribution in [0.4, 0.5) is 0 Å². The van der Waals surface area contributed by atoms with E-state index in [2.05, 4.69) is 0 Å². The van der Waals surface area contributed by atoms with E-state index in [1.807, 2.05) is 0 Å². The summed E-state index contributed by atoms with van der Waals surface area (Å²) < 4.78 is 4.87. The topological polar surface area (TPSA) is 49.7 Å². The second-order valence-corrected chi connectivity index (χ2v) is 2.15. The Labute approximate surface area is 53.6 Å². The van der Waals surface area contributed by atoms with Gasteiger partial charge in [-0.2, -0.15) is 0 Å². The molecule has 0 aliphatic carbocycles. The third kappa shape index (κ3) is 1.23. The summed E-state index contributed by atoms with van der Waals surface area (Å²) >= 11 is 0. The maximum absolute atomic E-state index is 9.02. The van der Waals surface area contributed by atoms with Gasteiger partial charge in [0.2, 0.25) is 0 Å². The highest BCUT2D eigenvalue weighted by molar-refractivity contribution is 4.95. The van der Waals surface area contributed by atoms with Gasteiger partial charge in [-0.25, -0.2) is 0 Å². The molecule has 0 bridgehead atoms. The molecule has 0 amide bonds. The molecule has 3 nitrogen and oxygen atoms in total. The summed E-state index contributed by atoms with van der Waals surface area (Å²) in [6.07, 6.45) is 0.973. The summed E-state index contributed by atoms with van der Waals surface area (Å²) in [6, 6.07) is 0. The van der Waals surface area contributed by atoms with Crippen LogP contribution in [0.1, 0.15) is 6.92 Å². The zero-order valence-electron chi connectivity index (χ0n) is 5.19. The van der Waals surface area contributed by atoms with E-state index >= 15 is 0 Å². The smallest absolute Gasteiger partial charge is 0.124 e. The highest BCUT2D eigenvalue weighted by Crippen LogP contribution is 2.10. The molecule has 0 aromatic carbocycles. The zero-order valence-corrected chi connectivity index (χ0v) is 5.19. The van der Waals surface area contributed by atoms with Gasteiger partial charge in [0.15, 0.2) is 0 Å². The molecule has 1 rings (SSSR count). The van der Waals surface area contributed by atoms with Crippen molar-refractivity contribution in [2.24, 2.45) is 0 Å². The fourth-order valence-electron chi connectivity index (χ4n) is 0.722. The molecule has 0 fully saturated rings. The van der Waals surface area contributed by atoms with E-state index in [-0.39, 0.29) is 6.10 Å². The van der Waals surface area contributed by atoms with E-state index in [1.165, 1.54) is 12.3 Å². The van der Waals surface area contributed by atoms with Crippen LogP contribution in [0.5, 0.6) is 0 Å². The van der Waals surface area contributed by atoms with Crippen molar-refractivity contribution in [3.05, 3.63) is 12.3 Å². The molecule has 0 saturated carbocycles. The van der Waals surface area contributed by atoms with Gasteiger partial charge in [0.1, 0.15) is 18.3 Å². The lowest BCUT2D eigenvalue weighted by Gasteiger charge is -2.24. The molecule has 9 heavy (non-hydrogen) atoms. The van der Waals surface area contributed by atoms with Gasteiger partial charge < -0.3 is 14.9 Å². The van der Waals surface area contributed by atoms with Crippen LogP contribution in [0.2, 0.25) is 0 Å². The Hall–Kier alpha value is -0.540. The van der Waals surface area contributed by atoms with E-state index < -0.39 is 12.2 Å². The SMILES string of the molecule is C[C@@H]1OC=C[C@@H](O)[C@H]1O. The van der Waals surface area contributed by atoms with Crippen LogP contribution in [0.15, 0.2) is 12.3 Å². The number of ether oxygens (including phenoxy) is 1. The quantitative estimate of drug-likeness (QED) is 0.471. The van der Waals surface area contributed by atoms with Crippen LogP contribution in [-0.4, -0.2) is 28.5 Å². The lowest BCUT2D eigenvalue weighted by molar-refractivity contribution is -0.0543. The Balaban J connectivity index is 2.58. The molecule has 0 unspecified atom stereocenters. The van der Waals surface area contributed by atoms with Crippen molar-refractivity contribution in [3.63, 3.8) is 0 Å². The molecule has 1 aliphatic heterocycles. The summed E-state index contributed by atoms with van der Waals surface area (Å²) in [5.41, 5.74) is 0. The van der Waals surface area contributed by atoms with E-state index in [9.17, 15) is 0 Å². The summed E-state index contributed by atoms with van der Waals surface area (Å²) in [7, 11) is 0. The Morgan fingerprint density at radius 1 is 1.44 bits per heavy atom. The van der Waals surface area contributed by atoms with Gasteiger partial charge in [-0.05, 0) is 13.0 Å². The minimum atomic E-state index is -0.782. The first-order chi connectivity index (χ1) is 4.22. The van der Waals surface area contributed by atoms with Gasteiger partial charge in [-0.1, -0.05) is 0 Å². The molecule has 3 heteroatoms. The summed E-state index contributed by atoms with van der Waals surface area (Å²) in [5, 5.41) is 18.0. The Bertz CT molecular complexity index is 121. The number of hydrogen-bond acceptors (Lipinski definition) is 3. The molecule has 52 valence electrons. The molecule has 1 aliphatic rings. The molecule has 1 heterocycles. The Morgan fingerprint density at radius 2 is 2.11 bits per heavy atom. The van der Waals surface area contributed by atoms with E-state index in [0.717, 1.165) is 0 Å². The minimum absolute atomic E-state index is 0.301. The molecule has 0 saturated heterocycles. The molecule has 0 aromatic heterocycles. The molecule has 0 spiro atoms. The number of aliphatic hydroxyl groups excluding tert-OH is 2. The van der Waals surface area contributed by atoms with Crippen LogP contribution in [0, 0.1) is 0 Å². The molecular formula is C6H10O3. The fraction of sp³-hybridized carbons (Fsp3) is 0.667. The second-order valence-electron chi connectivity index (χ2n) is 2.15.